The molecule has 2 N–H and O–H groups in total. The first-order chi connectivity index (χ1) is 22.7. The maximum Gasteiger partial charge on any atom is 0.335 e. The van der Waals surface area contributed by atoms with Gasteiger partial charge in [0.1, 0.15) is 23.0 Å². The van der Waals surface area contributed by atoms with Crippen molar-refractivity contribution in [3.63, 3.8) is 0 Å². The molecule has 0 amide bonds. The molecule has 0 saturated carbocycles. The number of halogens is 2. The lowest BCUT2D eigenvalue weighted by Crippen LogP contribution is -2.28. The minimum atomic E-state index is -0.990. The van der Waals surface area contributed by atoms with E-state index in [1.165, 1.54) is 24.3 Å². The molecule has 0 spiro atoms. The molecule has 230 valence electrons. The van der Waals surface area contributed by atoms with Crippen molar-refractivity contribution in [2.24, 2.45) is 0 Å². The molecule has 0 fully saturated rings. The molecule has 6 aromatic rings. The number of rotatable bonds is 8. The fourth-order valence-corrected chi connectivity index (χ4v) is 6.93. The van der Waals surface area contributed by atoms with Crippen molar-refractivity contribution in [2.45, 2.75) is 5.41 Å². The van der Waals surface area contributed by atoms with Gasteiger partial charge in [0.05, 0.1) is 16.5 Å². The van der Waals surface area contributed by atoms with E-state index in [0.717, 1.165) is 42.3 Å². The van der Waals surface area contributed by atoms with E-state index in [9.17, 15) is 19.8 Å². The van der Waals surface area contributed by atoms with Crippen LogP contribution in [0.15, 0.2) is 142 Å². The number of hydrogen-bond donors (Lipinski definition) is 2. The molecule has 47 heavy (non-hydrogen) atoms. The summed E-state index contributed by atoms with van der Waals surface area (Å²) in [6, 6.07) is 41.3. The van der Waals surface area contributed by atoms with Gasteiger partial charge in [0.2, 0.25) is 0 Å². The Balaban J connectivity index is 1.32. The van der Waals surface area contributed by atoms with Crippen molar-refractivity contribution in [3.05, 3.63) is 176 Å². The van der Waals surface area contributed by atoms with E-state index in [4.69, 9.17) is 9.47 Å². The maximum absolute atomic E-state index is 11.3. The van der Waals surface area contributed by atoms with Crippen molar-refractivity contribution in [1.82, 2.24) is 0 Å². The average Bonchev–Trinajstić information content (AvgIpc) is 3.35. The van der Waals surface area contributed by atoms with Crippen LogP contribution in [0, 0.1) is 0 Å². The summed E-state index contributed by atoms with van der Waals surface area (Å²) in [4.78, 5) is 22.5. The second kappa shape index (κ2) is 12.2. The van der Waals surface area contributed by atoms with Gasteiger partial charge < -0.3 is 19.7 Å². The number of carboxylic acids is 2. The fraction of sp³-hybridized carbons (Fsp3) is 0.0256. The highest BCUT2D eigenvalue weighted by Gasteiger charge is 2.46. The third-order valence-corrected chi connectivity index (χ3v) is 9.30. The van der Waals surface area contributed by atoms with E-state index < -0.39 is 17.4 Å². The Labute approximate surface area is 287 Å². The molecule has 0 unspecified atom stereocenters. The van der Waals surface area contributed by atoms with E-state index in [-0.39, 0.29) is 11.1 Å². The van der Waals surface area contributed by atoms with Crippen LogP contribution in [0.4, 0.5) is 0 Å². The van der Waals surface area contributed by atoms with Crippen molar-refractivity contribution in [2.75, 3.05) is 0 Å². The van der Waals surface area contributed by atoms with Gasteiger partial charge in [-0.3, -0.25) is 0 Å². The summed E-state index contributed by atoms with van der Waals surface area (Å²) >= 11 is 7.45. The number of hydrogen-bond acceptors (Lipinski definition) is 4. The highest BCUT2D eigenvalue weighted by Crippen LogP contribution is 2.57. The summed E-state index contributed by atoms with van der Waals surface area (Å²) in [5, 5.41) is 18.5. The minimum Gasteiger partial charge on any atom is -0.478 e. The molecular weight excluding hydrogens is 724 g/mol. The molecule has 0 radical (unpaired) electrons. The molecule has 6 nitrogen and oxygen atoms in total. The maximum atomic E-state index is 11.3. The monoisotopic (exact) mass is 746 g/mol. The smallest absolute Gasteiger partial charge is 0.335 e. The van der Waals surface area contributed by atoms with Crippen LogP contribution in [-0.4, -0.2) is 22.2 Å². The van der Waals surface area contributed by atoms with Crippen LogP contribution in [0.25, 0.3) is 11.1 Å². The molecule has 8 heteroatoms. The topological polar surface area (TPSA) is 93.1 Å². The van der Waals surface area contributed by atoms with E-state index in [2.05, 4.69) is 92.5 Å². The number of ether oxygens (including phenoxy) is 2. The van der Waals surface area contributed by atoms with E-state index in [1.807, 2.05) is 24.3 Å². The molecule has 1 aliphatic rings. The van der Waals surface area contributed by atoms with Crippen LogP contribution in [0.3, 0.4) is 0 Å². The van der Waals surface area contributed by atoms with Crippen LogP contribution < -0.4 is 9.47 Å². The van der Waals surface area contributed by atoms with Gasteiger partial charge >= 0.3 is 11.9 Å². The first kappa shape index (κ1) is 30.5. The van der Waals surface area contributed by atoms with Gasteiger partial charge in [-0.1, -0.05) is 68.3 Å². The molecule has 0 saturated heterocycles. The van der Waals surface area contributed by atoms with Gasteiger partial charge in [0.15, 0.2) is 0 Å². The zero-order valence-corrected chi connectivity index (χ0v) is 27.7. The summed E-state index contributed by atoms with van der Waals surface area (Å²) in [5.74, 6) is 0.328. The van der Waals surface area contributed by atoms with Crippen molar-refractivity contribution in [1.29, 1.82) is 0 Å². The van der Waals surface area contributed by atoms with Crippen LogP contribution in [0.2, 0.25) is 0 Å². The standard InChI is InChI=1S/C39H24Br2O6/c40-27-9-19-33-34-20-10-28(41)22-36(34)39(35(33)21-27,25-5-15-31(16-6-25)46-29-11-1-23(2-12-29)37(42)43)26-7-17-32(18-8-26)47-30-13-3-24(4-14-30)38(44)45/h1-22H,(H,42,43)(H,44,45). The Hall–Kier alpha value is -5.18. The Kier molecular flexibility index (Phi) is 7.91. The first-order valence-corrected chi connectivity index (χ1v) is 16.1. The molecule has 0 bridgehead atoms. The number of fused-ring (bicyclic) bond motifs is 3. The van der Waals surface area contributed by atoms with E-state index in [1.54, 1.807) is 24.3 Å². The Morgan fingerprint density at radius 3 is 1.11 bits per heavy atom. The SMILES string of the molecule is O=C(O)c1ccc(Oc2ccc(C3(c4ccc(Oc5ccc(C(=O)O)cc5)cc4)c4cc(Br)ccc4-c4ccc(Br)cc43)cc2)cc1. The van der Waals surface area contributed by atoms with Crippen LogP contribution >= 0.6 is 31.9 Å². The predicted octanol–water partition coefficient (Wildman–Crippen LogP) is 10.6. The minimum absolute atomic E-state index is 0.193. The molecular formula is C39H24Br2O6. The van der Waals surface area contributed by atoms with Crippen LogP contribution in [0.5, 0.6) is 23.0 Å². The third-order valence-electron chi connectivity index (χ3n) is 8.31. The van der Waals surface area contributed by atoms with Crippen molar-refractivity contribution < 1.29 is 29.3 Å². The van der Waals surface area contributed by atoms with E-state index in [0.29, 0.717) is 23.0 Å². The predicted molar refractivity (Wildman–Crippen MR) is 186 cm³/mol. The van der Waals surface area contributed by atoms with Gasteiger partial charge in [0.25, 0.3) is 0 Å². The number of carboxylic acid groups (broad SMARTS) is 2. The molecule has 0 aliphatic heterocycles. The second-order valence-corrected chi connectivity index (χ2v) is 12.9. The highest BCUT2D eigenvalue weighted by atomic mass is 79.9. The van der Waals surface area contributed by atoms with Crippen molar-refractivity contribution >= 4 is 43.8 Å². The summed E-state index contributed by atoms with van der Waals surface area (Å²) in [6.07, 6.45) is 0. The second-order valence-electron chi connectivity index (χ2n) is 11.0. The average molecular weight is 748 g/mol. The molecule has 0 heterocycles. The van der Waals surface area contributed by atoms with Crippen LogP contribution in [0.1, 0.15) is 43.0 Å². The normalized spacial score (nSPS) is 12.6. The lowest BCUT2D eigenvalue weighted by atomic mass is 9.67. The molecule has 1 aliphatic carbocycles. The van der Waals surface area contributed by atoms with Gasteiger partial charge in [-0.2, -0.15) is 0 Å². The lowest BCUT2D eigenvalue weighted by molar-refractivity contribution is 0.0686. The first-order valence-electron chi connectivity index (χ1n) is 14.6. The van der Waals surface area contributed by atoms with Crippen molar-refractivity contribution in [3.8, 4) is 34.1 Å². The number of benzene rings is 6. The Bertz CT molecular complexity index is 1980. The quantitative estimate of drug-likeness (QED) is 0.161. The molecule has 0 aromatic heterocycles. The largest absolute Gasteiger partial charge is 0.478 e. The van der Waals surface area contributed by atoms with Gasteiger partial charge in [-0.25, -0.2) is 9.59 Å². The number of aromatic carboxylic acids is 2. The number of carbonyl (C=O) groups is 2. The fourth-order valence-electron chi connectivity index (χ4n) is 6.21. The van der Waals surface area contributed by atoms with Gasteiger partial charge in [-0.15, -0.1) is 0 Å². The summed E-state index contributed by atoms with van der Waals surface area (Å²) in [6.45, 7) is 0. The summed E-state index contributed by atoms with van der Waals surface area (Å²) < 4.78 is 14.1. The summed E-state index contributed by atoms with van der Waals surface area (Å²) in [5.41, 5.74) is 6.26. The highest BCUT2D eigenvalue weighted by molar-refractivity contribution is 9.10. The Morgan fingerprint density at radius 2 is 0.787 bits per heavy atom. The Morgan fingerprint density at radius 1 is 0.468 bits per heavy atom. The summed E-state index contributed by atoms with van der Waals surface area (Å²) in [7, 11) is 0. The molecule has 7 rings (SSSR count). The van der Waals surface area contributed by atoms with E-state index >= 15 is 0 Å². The molecule has 6 aromatic carbocycles. The molecule has 0 atom stereocenters. The zero-order chi connectivity index (χ0) is 32.7. The van der Waals surface area contributed by atoms with Gasteiger partial charge in [-0.05, 0) is 130 Å². The lowest BCUT2D eigenvalue weighted by Gasteiger charge is -2.34. The zero-order valence-electron chi connectivity index (χ0n) is 24.5. The third kappa shape index (κ3) is 5.60. The van der Waals surface area contributed by atoms with Crippen LogP contribution in [-0.2, 0) is 5.41 Å². The van der Waals surface area contributed by atoms with Gasteiger partial charge in [0, 0.05) is 8.95 Å².